The number of nitrogens with two attached hydrogens (primary N) is 1. The zero-order valence-corrected chi connectivity index (χ0v) is 13.6. The molecule has 0 saturated carbocycles. The largest absolute Gasteiger partial charge is 0.480 e. The number of hydrogen-bond donors (Lipinski definition) is 1. The second-order valence-corrected chi connectivity index (χ2v) is 6.01. The van der Waals surface area contributed by atoms with E-state index in [0.717, 1.165) is 49.7 Å². The number of rotatable bonds is 5. The van der Waals surface area contributed by atoms with Crippen LogP contribution < -0.4 is 15.4 Å². The second kappa shape index (κ2) is 7.19. The van der Waals surface area contributed by atoms with Crippen molar-refractivity contribution in [3.05, 3.63) is 10.7 Å². The third-order valence-corrected chi connectivity index (χ3v) is 4.06. The summed E-state index contributed by atoms with van der Waals surface area (Å²) < 4.78 is 5.99. The van der Waals surface area contributed by atoms with Gasteiger partial charge >= 0.3 is 0 Å². The Balaban J connectivity index is 1.93. The van der Waals surface area contributed by atoms with Gasteiger partial charge in [0.05, 0.1) is 17.8 Å². The van der Waals surface area contributed by atoms with E-state index in [1.807, 2.05) is 0 Å². The summed E-state index contributed by atoms with van der Waals surface area (Å²) in [4.78, 5) is 13.4. The van der Waals surface area contributed by atoms with Gasteiger partial charge in [0.1, 0.15) is 0 Å². The molecular weight excluding hydrogens is 322 g/mol. The van der Waals surface area contributed by atoms with Gasteiger partial charge in [-0.05, 0) is 28.4 Å². The van der Waals surface area contributed by atoms with Crippen molar-refractivity contribution < 1.29 is 4.74 Å². The molecule has 1 aliphatic rings. The molecule has 0 amide bonds. The third kappa shape index (κ3) is 3.80. The molecule has 1 aliphatic heterocycles. The Kier molecular flexibility index (Phi) is 5.56. The van der Waals surface area contributed by atoms with E-state index < -0.39 is 0 Å². The average molecular weight is 344 g/mol. The number of ether oxygens (including phenoxy) is 1. The first-order valence-electron chi connectivity index (χ1n) is 6.88. The number of aromatic nitrogens is 2. The first kappa shape index (κ1) is 15.5. The number of piperazine rings is 1. The van der Waals surface area contributed by atoms with Crippen LogP contribution in [0, 0.1) is 5.92 Å². The van der Waals surface area contributed by atoms with Crippen molar-refractivity contribution in [3.63, 3.8) is 0 Å². The lowest BCUT2D eigenvalue weighted by atomic mass is 10.1. The molecule has 20 heavy (non-hydrogen) atoms. The summed E-state index contributed by atoms with van der Waals surface area (Å²) in [5, 5.41) is 0. The van der Waals surface area contributed by atoms with Crippen molar-refractivity contribution >= 4 is 21.9 Å². The SMILES string of the molecule is COc1nc(N2CCN(CC(C)CN)CC2)ncc1Br. The molecule has 0 bridgehead atoms. The van der Waals surface area contributed by atoms with Gasteiger partial charge < -0.3 is 15.4 Å². The first-order valence-corrected chi connectivity index (χ1v) is 7.67. The maximum Gasteiger partial charge on any atom is 0.232 e. The summed E-state index contributed by atoms with van der Waals surface area (Å²) >= 11 is 3.37. The van der Waals surface area contributed by atoms with Crippen LogP contribution in [-0.4, -0.2) is 61.2 Å². The van der Waals surface area contributed by atoms with Crippen LogP contribution in [0.15, 0.2) is 10.7 Å². The molecule has 2 N–H and O–H groups in total. The maximum atomic E-state index is 5.68. The van der Waals surface area contributed by atoms with E-state index >= 15 is 0 Å². The Morgan fingerprint density at radius 3 is 2.70 bits per heavy atom. The standard InChI is InChI=1S/C13H22BrN5O/c1-10(7-15)9-18-3-5-19(6-4-18)13-16-8-11(14)12(17-13)20-2/h8,10H,3-7,9,15H2,1-2H3. The van der Waals surface area contributed by atoms with E-state index in [2.05, 4.69) is 42.6 Å². The number of halogens is 1. The Morgan fingerprint density at radius 1 is 1.40 bits per heavy atom. The van der Waals surface area contributed by atoms with Crippen molar-refractivity contribution in [1.82, 2.24) is 14.9 Å². The van der Waals surface area contributed by atoms with Crippen LogP contribution >= 0.6 is 15.9 Å². The minimum Gasteiger partial charge on any atom is -0.480 e. The monoisotopic (exact) mass is 343 g/mol. The topological polar surface area (TPSA) is 67.5 Å². The van der Waals surface area contributed by atoms with Gasteiger partial charge in [-0.25, -0.2) is 4.98 Å². The molecule has 0 aliphatic carbocycles. The third-order valence-electron chi connectivity index (χ3n) is 3.52. The molecule has 1 unspecified atom stereocenters. The van der Waals surface area contributed by atoms with Crippen molar-refractivity contribution in [2.24, 2.45) is 11.7 Å². The minimum absolute atomic E-state index is 0.547. The van der Waals surface area contributed by atoms with Crippen molar-refractivity contribution in [2.75, 3.05) is 51.3 Å². The van der Waals surface area contributed by atoms with E-state index in [4.69, 9.17) is 10.5 Å². The van der Waals surface area contributed by atoms with Gasteiger partial charge in [-0.2, -0.15) is 4.98 Å². The van der Waals surface area contributed by atoms with Crippen molar-refractivity contribution in [2.45, 2.75) is 6.92 Å². The molecular formula is C13H22BrN5O. The second-order valence-electron chi connectivity index (χ2n) is 5.16. The molecule has 0 spiro atoms. The maximum absolute atomic E-state index is 5.68. The average Bonchev–Trinajstić information content (AvgIpc) is 2.48. The van der Waals surface area contributed by atoms with Gasteiger partial charge in [-0.1, -0.05) is 6.92 Å². The summed E-state index contributed by atoms with van der Waals surface area (Å²) in [5.74, 6) is 1.86. The highest BCUT2D eigenvalue weighted by atomic mass is 79.9. The lowest BCUT2D eigenvalue weighted by molar-refractivity contribution is 0.226. The minimum atomic E-state index is 0.547. The number of methoxy groups -OCH3 is 1. The van der Waals surface area contributed by atoms with Crippen LogP contribution in [0.3, 0.4) is 0 Å². The molecule has 0 radical (unpaired) electrons. The smallest absolute Gasteiger partial charge is 0.232 e. The van der Waals surface area contributed by atoms with E-state index in [0.29, 0.717) is 11.8 Å². The predicted octanol–water partition coefficient (Wildman–Crippen LogP) is 0.964. The predicted molar refractivity (Wildman–Crippen MR) is 83.2 cm³/mol. The summed E-state index contributed by atoms with van der Waals surface area (Å²) in [7, 11) is 1.61. The van der Waals surface area contributed by atoms with Crippen molar-refractivity contribution in [1.29, 1.82) is 0 Å². The molecule has 1 aromatic heterocycles. The van der Waals surface area contributed by atoms with Gasteiger partial charge in [0, 0.05) is 32.7 Å². The van der Waals surface area contributed by atoms with Crippen LogP contribution in [0.5, 0.6) is 5.88 Å². The normalized spacial score (nSPS) is 18.1. The van der Waals surface area contributed by atoms with Crippen LogP contribution in [0.4, 0.5) is 5.95 Å². The fraction of sp³-hybridized carbons (Fsp3) is 0.692. The zero-order valence-electron chi connectivity index (χ0n) is 12.0. The summed E-state index contributed by atoms with van der Waals surface area (Å²) in [6.07, 6.45) is 1.74. The number of anilines is 1. The van der Waals surface area contributed by atoms with Gasteiger partial charge in [0.15, 0.2) is 0 Å². The molecule has 2 rings (SSSR count). The highest BCUT2D eigenvalue weighted by Gasteiger charge is 2.20. The van der Waals surface area contributed by atoms with E-state index in [9.17, 15) is 0 Å². The van der Waals surface area contributed by atoms with Gasteiger partial charge in [-0.15, -0.1) is 0 Å². The summed E-state index contributed by atoms with van der Waals surface area (Å²) in [5.41, 5.74) is 5.68. The molecule has 6 nitrogen and oxygen atoms in total. The quantitative estimate of drug-likeness (QED) is 0.858. The lowest BCUT2D eigenvalue weighted by Gasteiger charge is -2.35. The highest BCUT2D eigenvalue weighted by molar-refractivity contribution is 9.10. The van der Waals surface area contributed by atoms with Gasteiger partial charge in [-0.3, -0.25) is 4.90 Å². The summed E-state index contributed by atoms with van der Waals surface area (Å²) in [6, 6.07) is 0. The Morgan fingerprint density at radius 2 is 2.10 bits per heavy atom. The van der Waals surface area contributed by atoms with Crippen LogP contribution in [0.2, 0.25) is 0 Å². The molecule has 1 aromatic rings. The van der Waals surface area contributed by atoms with E-state index in [1.54, 1.807) is 13.3 Å². The molecule has 0 aromatic carbocycles. The van der Waals surface area contributed by atoms with Crippen LogP contribution in [0.25, 0.3) is 0 Å². The fourth-order valence-corrected chi connectivity index (χ4v) is 2.64. The number of nitrogens with zero attached hydrogens (tertiary/aromatic N) is 4. The molecule has 2 heterocycles. The van der Waals surface area contributed by atoms with Gasteiger partial charge in [0.25, 0.3) is 0 Å². The van der Waals surface area contributed by atoms with E-state index in [-0.39, 0.29) is 0 Å². The van der Waals surface area contributed by atoms with E-state index in [1.165, 1.54) is 0 Å². The number of hydrogen-bond acceptors (Lipinski definition) is 6. The molecule has 1 saturated heterocycles. The first-order chi connectivity index (χ1) is 9.63. The molecule has 1 atom stereocenters. The zero-order chi connectivity index (χ0) is 14.5. The van der Waals surface area contributed by atoms with Crippen LogP contribution in [0.1, 0.15) is 6.92 Å². The molecule has 1 fully saturated rings. The van der Waals surface area contributed by atoms with Crippen LogP contribution in [-0.2, 0) is 0 Å². The highest BCUT2D eigenvalue weighted by Crippen LogP contribution is 2.23. The fourth-order valence-electron chi connectivity index (χ4n) is 2.28. The Bertz CT molecular complexity index is 437. The van der Waals surface area contributed by atoms with Gasteiger partial charge in [0.2, 0.25) is 11.8 Å². The lowest BCUT2D eigenvalue weighted by Crippen LogP contribution is -2.48. The summed E-state index contributed by atoms with van der Waals surface area (Å²) in [6.45, 7) is 7.90. The Labute approximate surface area is 128 Å². The Hall–Kier alpha value is -0.920. The van der Waals surface area contributed by atoms with Crippen molar-refractivity contribution in [3.8, 4) is 5.88 Å². The molecule has 112 valence electrons. The molecule has 7 heteroatoms.